The topological polar surface area (TPSA) is 57.7 Å². The van der Waals surface area contributed by atoms with Crippen molar-refractivity contribution in [3.8, 4) is 0 Å². The Kier molecular flexibility index (Phi) is 4.72. The summed E-state index contributed by atoms with van der Waals surface area (Å²) in [5.74, 6) is -1.98. The molecule has 5 nitrogen and oxygen atoms in total. The van der Waals surface area contributed by atoms with Crippen LogP contribution in [0.25, 0.3) is 0 Å². The van der Waals surface area contributed by atoms with E-state index in [4.69, 9.17) is 0 Å². The highest BCUT2D eigenvalue weighted by atomic mass is 19.4. The van der Waals surface area contributed by atoms with E-state index < -0.39 is 34.9 Å². The number of piperazine rings is 1. The highest BCUT2D eigenvalue weighted by Crippen LogP contribution is 2.32. The van der Waals surface area contributed by atoms with Gasteiger partial charge in [0.25, 0.3) is 11.8 Å². The third-order valence-corrected chi connectivity index (χ3v) is 3.62. The van der Waals surface area contributed by atoms with Crippen molar-refractivity contribution >= 4 is 17.6 Å². The van der Waals surface area contributed by atoms with E-state index >= 15 is 0 Å². The Morgan fingerprint density at radius 3 is 2.00 bits per heavy atom. The summed E-state index contributed by atoms with van der Waals surface area (Å²) in [6.45, 7) is 1.57. The van der Waals surface area contributed by atoms with Gasteiger partial charge >= 0.3 is 6.18 Å². The van der Waals surface area contributed by atoms with Gasteiger partial charge in [0.05, 0.1) is 11.1 Å². The van der Waals surface area contributed by atoms with Crippen molar-refractivity contribution in [3.63, 3.8) is 0 Å². The van der Waals surface area contributed by atoms with Gasteiger partial charge in [0.15, 0.2) is 0 Å². The summed E-state index contributed by atoms with van der Waals surface area (Å²) >= 11 is 0. The number of hydrogen-bond donors (Lipinski definition) is 0. The molecule has 2 rings (SSSR count). The first kappa shape index (κ1) is 17.0. The third kappa shape index (κ3) is 3.69. The highest BCUT2D eigenvalue weighted by molar-refractivity contribution is 6.35. The second-order valence-corrected chi connectivity index (χ2v) is 5.18. The van der Waals surface area contributed by atoms with Gasteiger partial charge in [-0.15, -0.1) is 0 Å². The van der Waals surface area contributed by atoms with Crippen molar-refractivity contribution in [2.24, 2.45) is 0 Å². The minimum atomic E-state index is -4.61. The molecule has 23 heavy (non-hydrogen) atoms. The van der Waals surface area contributed by atoms with E-state index in [0.29, 0.717) is 0 Å². The van der Waals surface area contributed by atoms with E-state index in [-0.39, 0.29) is 26.2 Å². The molecular weight excluding hydrogens is 313 g/mol. The van der Waals surface area contributed by atoms with Gasteiger partial charge in [-0.25, -0.2) is 0 Å². The molecule has 1 fully saturated rings. The summed E-state index contributed by atoms with van der Waals surface area (Å²) in [5.41, 5.74) is -1.39. The molecule has 0 aromatic heterocycles. The fourth-order valence-electron chi connectivity index (χ4n) is 2.42. The maximum absolute atomic E-state index is 13.0. The molecule has 0 radical (unpaired) electrons. The minimum Gasteiger partial charge on any atom is -0.335 e. The van der Waals surface area contributed by atoms with Crippen LogP contribution in [0.3, 0.4) is 0 Å². The SMILES string of the molecule is CC(=O)C(=O)N1CCN(C(=O)c2ccccc2C(F)(F)F)CC1. The third-order valence-electron chi connectivity index (χ3n) is 3.62. The Labute approximate surface area is 130 Å². The molecule has 0 saturated carbocycles. The fraction of sp³-hybridized carbons (Fsp3) is 0.400. The Bertz CT molecular complexity index is 635. The lowest BCUT2D eigenvalue weighted by Crippen LogP contribution is -2.52. The van der Waals surface area contributed by atoms with Crippen LogP contribution in [0.15, 0.2) is 24.3 Å². The van der Waals surface area contributed by atoms with Crippen LogP contribution in [0.4, 0.5) is 13.2 Å². The van der Waals surface area contributed by atoms with E-state index in [1.165, 1.54) is 21.9 Å². The average Bonchev–Trinajstić information content (AvgIpc) is 2.52. The molecule has 1 saturated heterocycles. The number of halogens is 3. The number of carbonyl (C=O) groups excluding carboxylic acids is 3. The average molecular weight is 328 g/mol. The number of benzene rings is 1. The maximum Gasteiger partial charge on any atom is 0.417 e. The molecule has 1 heterocycles. The zero-order valence-corrected chi connectivity index (χ0v) is 12.4. The quantitative estimate of drug-likeness (QED) is 0.775. The van der Waals surface area contributed by atoms with Crippen molar-refractivity contribution < 1.29 is 27.6 Å². The zero-order valence-electron chi connectivity index (χ0n) is 12.4. The Balaban J connectivity index is 2.12. The van der Waals surface area contributed by atoms with Gasteiger partial charge in [-0.1, -0.05) is 12.1 Å². The molecule has 1 aliphatic heterocycles. The molecule has 0 spiro atoms. The molecule has 124 valence electrons. The van der Waals surface area contributed by atoms with Crippen LogP contribution in [-0.2, 0) is 15.8 Å². The molecule has 0 unspecified atom stereocenters. The van der Waals surface area contributed by atoms with Crippen LogP contribution in [0.5, 0.6) is 0 Å². The van der Waals surface area contributed by atoms with Crippen LogP contribution in [0, 0.1) is 0 Å². The number of amides is 2. The number of alkyl halides is 3. The lowest BCUT2D eigenvalue weighted by atomic mass is 10.1. The second-order valence-electron chi connectivity index (χ2n) is 5.18. The first-order valence-electron chi connectivity index (χ1n) is 6.97. The summed E-state index contributed by atoms with van der Waals surface area (Å²) < 4.78 is 38.9. The Morgan fingerprint density at radius 2 is 1.48 bits per heavy atom. The predicted molar refractivity (Wildman–Crippen MR) is 74.6 cm³/mol. The van der Waals surface area contributed by atoms with Gasteiger partial charge in [-0.3, -0.25) is 14.4 Å². The largest absolute Gasteiger partial charge is 0.417 e. The lowest BCUT2D eigenvalue weighted by molar-refractivity contribution is -0.144. The summed E-state index contributed by atoms with van der Waals surface area (Å²) in [4.78, 5) is 37.5. The number of rotatable bonds is 2. The summed E-state index contributed by atoms with van der Waals surface area (Å²) in [6, 6.07) is 4.60. The number of nitrogens with zero attached hydrogens (tertiary/aromatic N) is 2. The summed E-state index contributed by atoms with van der Waals surface area (Å²) in [5, 5.41) is 0. The van der Waals surface area contributed by atoms with Crippen molar-refractivity contribution in [2.75, 3.05) is 26.2 Å². The monoisotopic (exact) mass is 328 g/mol. The van der Waals surface area contributed by atoms with Gasteiger partial charge in [-0.2, -0.15) is 13.2 Å². The summed E-state index contributed by atoms with van der Waals surface area (Å²) in [7, 11) is 0. The molecule has 1 aliphatic rings. The van der Waals surface area contributed by atoms with Crippen LogP contribution in [0.2, 0.25) is 0 Å². The molecule has 8 heteroatoms. The van der Waals surface area contributed by atoms with E-state index in [1.807, 2.05) is 0 Å². The number of carbonyl (C=O) groups is 3. The van der Waals surface area contributed by atoms with E-state index in [2.05, 4.69) is 0 Å². The van der Waals surface area contributed by atoms with Crippen LogP contribution >= 0.6 is 0 Å². The molecule has 0 atom stereocenters. The van der Waals surface area contributed by atoms with Gasteiger partial charge in [0.2, 0.25) is 5.78 Å². The van der Waals surface area contributed by atoms with E-state index in [9.17, 15) is 27.6 Å². The van der Waals surface area contributed by atoms with Gasteiger partial charge in [-0.05, 0) is 12.1 Å². The van der Waals surface area contributed by atoms with Gasteiger partial charge < -0.3 is 9.80 Å². The van der Waals surface area contributed by atoms with Crippen molar-refractivity contribution in [3.05, 3.63) is 35.4 Å². The molecular formula is C15H15F3N2O3. The van der Waals surface area contributed by atoms with Gasteiger partial charge in [0, 0.05) is 33.1 Å². The zero-order chi connectivity index (χ0) is 17.2. The Morgan fingerprint density at radius 1 is 0.957 bits per heavy atom. The lowest BCUT2D eigenvalue weighted by Gasteiger charge is -2.34. The van der Waals surface area contributed by atoms with E-state index in [0.717, 1.165) is 19.1 Å². The Hall–Kier alpha value is -2.38. The number of Topliss-reactive ketones (excluding diaryl/α,β-unsaturated/α-hetero) is 1. The van der Waals surface area contributed by atoms with Crippen molar-refractivity contribution in [1.29, 1.82) is 0 Å². The maximum atomic E-state index is 13.0. The first-order chi connectivity index (χ1) is 10.7. The van der Waals surface area contributed by atoms with Crippen molar-refractivity contribution in [2.45, 2.75) is 13.1 Å². The fourth-order valence-corrected chi connectivity index (χ4v) is 2.42. The molecule has 0 aliphatic carbocycles. The number of hydrogen-bond acceptors (Lipinski definition) is 3. The van der Waals surface area contributed by atoms with Crippen LogP contribution < -0.4 is 0 Å². The molecule has 0 bridgehead atoms. The van der Waals surface area contributed by atoms with Crippen LogP contribution in [-0.4, -0.2) is 53.6 Å². The molecule has 1 aromatic carbocycles. The number of ketones is 1. The first-order valence-corrected chi connectivity index (χ1v) is 6.97. The smallest absolute Gasteiger partial charge is 0.335 e. The van der Waals surface area contributed by atoms with Gasteiger partial charge in [0.1, 0.15) is 0 Å². The normalized spacial score (nSPS) is 15.5. The molecule has 1 aromatic rings. The van der Waals surface area contributed by atoms with E-state index in [1.54, 1.807) is 0 Å². The summed E-state index contributed by atoms with van der Waals surface area (Å²) in [6.07, 6.45) is -4.61. The predicted octanol–water partition coefficient (Wildman–Crippen LogP) is 1.58. The molecule has 2 amide bonds. The highest BCUT2D eigenvalue weighted by Gasteiger charge is 2.36. The molecule has 0 N–H and O–H groups in total. The standard InChI is InChI=1S/C15H15F3N2O3/c1-10(21)13(22)19-6-8-20(9-7-19)14(23)11-4-2-3-5-12(11)15(16,17)18/h2-5H,6-9H2,1H3. The second kappa shape index (κ2) is 6.39. The van der Waals surface area contributed by atoms with Crippen LogP contribution in [0.1, 0.15) is 22.8 Å². The van der Waals surface area contributed by atoms with Crippen molar-refractivity contribution in [1.82, 2.24) is 9.80 Å². The minimum absolute atomic E-state index is 0.0873.